The Morgan fingerprint density at radius 1 is 1.09 bits per heavy atom. The van der Waals surface area contributed by atoms with Crippen LogP contribution < -0.4 is 5.32 Å². The zero-order valence-electron chi connectivity index (χ0n) is 19.0. The van der Waals surface area contributed by atoms with Gasteiger partial charge in [-0.3, -0.25) is 24.6 Å². The molecule has 1 amide bonds. The van der Waals surface area contributed by atoms with Crippen molar-refractivity contribution in [1.82, 2.24) is 4.90 Å². The van der Waals surface area contributed by atoms with Crippen LogP contribution >= 0.6 is 11.8 Å². The Labute approximate surface area is 206 Å². The third kappa shape index (κ3) is 3.10. The SMILES string of the molecule is Cc1ccc(C(=O)[C@@H]2[C@H](c3ccc([N+](=O)[O-])cc3)[C@H]3CSCN3[C@@]23C(=O)Nc2ccccc23)cc1. The molecule has 0 aliphatic carbocycles. The van der Waals surface area contributed by atoms with E-state index in [0.717, 1.165) is 28.1 Å². The van der Waals surface area contributed by atoms with Crippen LogP contribution in [0.5, 0.6) is 0 Å². The summed E-state index contributed by atoms with van der Waals surface area (Å²) in [5, 5.41) is 14.3. The van der Waals surface area contributed by atoms with E-state index >= 15 is 0 Å². The lowest BCUT2D eigenvalue weighted by molar-refractivity contribution is -0.384. The number of ketones is 1. The molecule has 3 aliphatic rings. The van der Waals surface area contributed by atoms with E-state index in [0.29, 0.717) is 11.4 Å². The summed E-state index contributed by atoms with van der Waals surface area (Å²) >= 11 is 1.75. The van der Waals surface area contributed by atoms with Crippen LogP contribution in [0.4, 0.5) is 11.4 Å². The number of carbonyl (C=O) groups is 2. The molecule has 0 bridgehead atoms. The summed E-state index contributed by atoms with van der Waals surface area (Å²) in [6.45, 7) is 1.97. The molecule has 3 aromatic carbocycles. The highest BCUT2D eigenvalue weighted by atomic mass is 32.2. The topological polar surface area (TPSA) is 92.5 Å². The van der Waals surface area contributed by atoms with Gasteiger partial charge in [-0.15, -0.1) is 11.8 Å². The number of rotatable bonds is 4. The first-order valence-corrected chi connectivity index (χ1v) is 12.7. The second-order valence-electron chi connectivity index (χ2n) is 9.39. The zero-order chi connectivity index (χ0) is 24.3. The molecule has 0 radical (unpaired) electrons. The normalized spacial score (nSPS) is 27.0. The van der Waals surface area contributed by atoms with Gasteiger partial charge in [0, 0.05) is 52.5 Å². The summed E-state index contributed by atoms with van der Waals surface area (Å²) in [6.07, 6.45) is 0. The highest BCUT2D eigenvalue weighted by molar-refractivity contribution is 7.99. The summed E-state index contributed by atoms with van der Waals surface area (Å²) in [7, 11) is 0. The molecule has 1 N–H and O–H groups in total. The number of nitrogens with zero attached hydrogens (tertiary/aromatic N) is 2. The third-order valence-electron chi connectivity index (χ3n) is 7.64. The van der Waals surface area contributed by atoms with Crippen LogP contribution in [0, 0.1) is 23.0 Å². The van der Waals surface area contributed by atoms with E-state index in [9.17, 15) is 19.7 Å². The molecule has 4 atom stereocenters. The van der Waals surface area contributed by atoms with Crippen LogP contribution in [0.25, 0.3) is 0 Å². The van der Waals surface area contributed by atoms with Gasteiger partial charge in [-0.05, 0) is 18.6 Å². The Hall–Kier alpha value is -3.49. The fourth-order valence-electron chi connectivity index (χ4n) is 6.12. The third-order valence-corrected chi connectivity index (χ3v) is 8.67. The van der Waals surface area contributed by atoms with E-state index in [-0.39, 0.29) is 29.3 Å². The Kier molecular flexibility index (Phi) is 5.05. The molecule has 7 nitrogen and oxygen atoms in total. The predicted octanol–water partition coefficient (Wildman–Crippen LogP) is 4.72. The fourth-order valence-corrected chi connectivity index (χ4v) is 7.45. The minimum atomic E-state index is -1.14. The molecule has 35 heavy (non-hydrogen) atoms. The van der Waals surface area contributed by atoms with Gasteiger partial charge < -0.3 is 5.32 Å². The van der Waals surface area contributed by atoms with Gasteiger partial charge in [0.05, 0.1) is 10.8 Å². The number of amides is 1. The van der Waals surface area contributed by atoms with E-state index in [2.05, 4.69) is 10.2 Å². The van der Waals surface area contributed by atoms with Crippen LogP contribution in [-0.2, 0) is 10.3 Å². The number of nitro benzene ring substituents is 1. The summed E-state index contributed by atoms with van der Waals surface area (Å²) in [6, 6.07) is 21.5. The molecular formula is C27H23N3O4S. The first-order valence-electron chi connectivity index (χ1n) is 11.5. The van der Waals surface area contributed by atoms with Crippen LogP contribution in [0.15, 0.2) is 72.8 Å². The maximum atomic E-state index is 14.3. The van der Waals surface area contributed by atoms with Gasteiger partial charge in [0.1, 0.15) is 5.54 Å². The highest BCUT2D eigenvalue weighted by Gasteiger charge is 2.69. The first-order chi connectivity index (χ1) is 16.9. The molecule has 176 valence electrons. The molecule has 8 heteroatoms. The van der Waals surface area contributed by atoms with Crippen molar-refractivity contribution in [2.24, 2.45) is 5.92 Å². The van der Waals surface area contributed by atoms with Crippen LogP contribution in [0.1, 0.15) is 33.0 Å². The monoisotopic (exact) mass is 485 g/mol. The maximum Gasteiger partial charge on any atom is 0.269 e. The first kappa shape index (κ1) is 22.0. The second kappa shape index (κ2) is 8.03. The Morgan fingerprint density at radius 3 is 2.51 bits per heavy atom. The number of Topliss-reactive ketones (excluding diaryl/α,β-unsaturated/α-hetero) is 1. The van der Waals surface area contributed by atoms with Gasteiger partial charge >= 0.3 is 0 Å². The van der Waals surface area contributed by atoms with Crippen LogP contribution in [-0.4, -0.2) is 39.2 Å². The minimum absolute atomic E-state index is 0.00415. The Balaban J connectivity index is 1.58. The number of para-hydroxylation sites is 1. The average Bonchev–Trinajstić information content (AvgIpc) is 3.52. The maximum absolute atomic E-state index is 14.3. The average molecular weight is 486 g/mol. The van der Waals surface area contributed by atoms with Crippen molar-refractivity contribution in [2.45, 2.75) is 24.4 Å². The van der Waals surface area contributed by atoms with E-state index in [4.69, 9.17) is 0 Å². The molecule has 3 heterocycles. The Bertz CT molecular complexity index is 1360. The number of nitro groups is 1. The van der Waals surface area contributed by atoms with Gasteiger partial charge in [0.25, 0.3) is 5.69 Å². The molecule has 2 fully saturated rings. The van der Waals surface area contributed by atoms with Crippen molar-refractivity contribution in [3.63, 3.8) is 0 Å². The summed E-state index contributed by atoms with van der Waals surface area (Å²) in [5.74, 6) is 0.169. The fraction of sp³-hybridized carbons (Fsp3) is 0.259. The molecule has 0 saturated carbocycles. The largest absolute Gasteiger partial charge is 0.324 e. The Morgan fingerprint density at radius 2 is 1.80 bits per heavy atom. The molecular weight excluding hydrogens is 462 g/mol. The number of non-ortho nitro benzene ring substituents is 1. The second-order valence-corrected chi connectivity index (χ2v) is 10.4. The van der Waals surface area contributed by atoms with Crippen molar-refractivity contribution in [2.75, 3.05) is 16.9 Å². The molecule has 3 aliphatic heterocycles. The highest BCUT2D eigenvalue weighted by Crippen LogP contribution is 2.61. The lowest BCUT2D eigenvalue weighted by Crippen LogP contribution is -2.52. The number of carbonyl (C=O) groups excluding carboxylic acids is 2. The predicted molar refractivity (Wildman–Crippen MR) is 135 cm³/mol. The lowest BCUT2D eigenvalue weighted by atomic mass is 9.69. The van der Waals surface area contributed by atoms with E-state index in [1.807, 2.05) is 55.5 Å². The molecule has 3 aromatic rings. The number of hydrogen-bond acceptors (Lipinski definition) is 6. The number of nitrogens with one attached hydrogen (secondary N) is 1. The number of hydrogen-bond donors (Lipinski definition) is 1. The van der Waals surface area contributed by atoms with Crippen molar-refractivity contribution in [3.05, 3.63) is 105 Å². The molecule has 1 spiro atoms. The standard InChI is InChI=1S/C27H23N3O4S/c1-16-6-8-18(9-7-16)25(31)24-23(17-10-12-19(13-11-17)30(33)34)22-14-35-15-29(22)27(24)20-4-2-3-5-21(20)28-26(27)32/h2-13,22-24H,14-15H2,1H3,(H,28,32)/t22-,23-,24+,27-/m1/s1. The lowest BCUT2D eigenvalue weighted by Gasteiger charge is -2.36. The summed E-state index contributed by atoms with van der Waals surface area (Å²) in [5.41, 5.74) is 2.89. The van der Waals surface area contributed by atoms with Gasteiger partial charge in [0.15, 0.2) is 5.78 Å². The van der Waals surface area contributed by atoms with Gasteiger partial charge in [0.2, 0.25) is 5.91 Å². The molecule has 6 rings (SSSR count). The van der Waals surface area contributed by atoms with Crippen molar-refractivity contribution >= 4 is 34.8 Å². The van der Waals surface area contributed by atoms with Crippen LogP contribution in [0.3, 0.4) is 0 Å². The molecule has 0 unspecified atom stereocenters. The van der Waals surface area contributed by atoms with E-state index < -0.39 is 16.4 Å². The molecule has 0 aromatic heterocycles. The minimum Gasteiger partial charge on any atom is -0.324 e. The van der Waals surface area contributed by atoms with Crippen molar-refractivity contribution in [1.29, 1.82) is 0 Å². The zero-order valence-corrected chi connectivity index (χ0v) is 19.8. The van der Waals surface area contributed by atoms with Crippen molar-refractivity contribution < 1.29 is 14.5 Å². The number of thioether (sulfide) groups is 1. The molecule has 2 saturated heterocycles. The summed E-state index contributed by atoms with van der Waals surface area (Å²) < 4.78 is 0. The van der Waals surface area contributed by atoms with Crippen molar-refractivity contribution in [3.8, 4) is 0 Å². The number of benzene rings is 3. The quantitative estimate of drug-likeness (QED) is 0.327. The summed E-state index contributed by atoms with van der Waals surface area (Å²) in [4.78, 5) is 41.3. The number of anilines is 1. The number of aryl methyl sites for hydroxylation is 1. The van der Waals surface area contributed by atoms with E-state index in [1.54, 1.807) is 23.9 Å². The number of fused-ring (bicyclic) bond motifs is 4. The van der Waals surface area contributed by atoms with Gasteiger partial charge in [-0.25, -0.2) is 0 Å². The van der Waals surface area contributed by atoms with Gasteiger partial charge in [-0.1, -0.05) is 60.2 Å². The van der Waals surface area contributed by atoms with Crippen LogP contribution in [0.2, 0.25) is 0 Å². The van der Waals surface area contributed by atoms with Gasteiger partial charge in [-0.2, -0.15) is 0 Å². The smallest absolute Gasteiger partial charge is 0.269 e. The van der Waals surface area contributed by atoms with E-state index in [1.165, 1.54) is 12.1 Å².